The van der Waals surface area contributed by atoms with Gasteiger partial charge < -0.3 is 9.26 Å². The Kier molecular flexibility index (Phi) is 5.11. The molecule has 0 radical (unpaired) electrons. The molecule has 0 bridgehead atoms. The fraction of sp³-hybridized carbons (Fsp3) is 0.211. The lowest BCUT2D eigenvalue weighted by Crippen LogP contribution is -2.26. The highest BCUT2D eigenvalue weighted by atomic mass is 32.2. The molecule has 6 nitrogen and oxygen atoms in total. The number of hydrogen-bond donors (Lipinski definition) is 0. The van der Waals surface area contributed by atoms with Crippen LogP contribution in [-0.2, 0) is 16.6 Å². The topological polar surface area (TPSA) is 72.6 Å². The van der Waals surface area contributed by atoms with Gasteiger partial charge in [-0.3, -0.25) is 0 Å². The predicted molar refractivity (Wildman–Crippen MR) is 98.3 cm³/mol. The molecule has 0 spiro atoms. The molecule has 136 valence electrons. The van der Waals surface area contributed by atoms with Crippen LogP contribution >= 0.6 is 0 Å². The second kappa shape index (κ2) is 7.31. The minimum absolute atomic E-state index is 0.0966. The maximum absolute atomic E-state index is 12.6. The number of methoxy groups -OCH3 is 1. The van der Waals surface area contributed by atoms with Crippen LogP contribution in [0.1, 0.15) is 11.3 Å². The largest absolute Gasteiger partial charge is 0.497 e. The molecule has 0 N–H and O–H groups in total. The van der Waals surface area contributed by atoms with Crippen molar-refractivity contribution in [2.75, 3.05) is 14.2 Å². The molecule has 26 heavy (non-hydrogen) atoms. The van der Waals surface area contributed by atoms with E-state index in [2.05, 4.69) is 5.16 Å². The number of nitrogens with zero attached hydrogens (tertiary/aromatic N) is 2. The normalized spacial score (nSPS) is 11.7. The molecule has 1 aromatic heterocycles. The van der Waals surface area contributed by atoms with Gasteiger partial charge in [0, 0.05) is 18.7 Å². The quantitative estimate of drug-likeness (QED) is 0.662. The van der Waals surface area contributed by atoms with E-state index in [-0.39, 0.29) is 11.4 Å². The number of hydrogen-bond acceptors (Lipinski definition) is 5. The molecule has 0 amide bonds. The minimum atomic E-state index is -3.59. The Bertz CT molecular complexity index is 977. The van der Waals surface area contributed by atoms with E-state index < -0.39 is 10.0 Å². The Balaban J connectivity index is 1.76. The first-order valence-corrected chi connectivity index (χ1v) is 9.47. The van der Waals surface area contributed by atoms with Crippen LogP contribution in [0.2, 0.25) is 0 Å². The molecule has 7 heteroatoms. The molecule has 0 saturated carbocycles. The average Bonchev–Trinajstić information content (AvgIpc) is 3.10. The van der Waals surface area contributed by atoms with E-state index in [0.717, 1.165) is 16.9 Å². The van der Waals surface area contributed by atoms with Crippen LogP contribution in [-0.4, -0.2) is 32.0 Å². The summed E-state index contributed by atoms with van der Waals surface area (Å²) in [5.74, 6) is 1.22. The minimum Gasteiger partial charge on any atom is -0.497 e. The van der Waals surface area contributed by atoms with Crippen molar-refractivity contribution in [3.05, 3.63) is 65.9 Å². The van der Waals surface area contributed by atoms with E-state index in [0.29, 0.717) is 11.5 Å². The molecular formula is C19H20N2O4S. The highest BCUT2D eigenvalue weighted by Gasteiger charge is 2.22. The molecule has 0 saturated heterocycles. The summed E-state index contributed by atoms with van der Waals surface area (Å²) in [7, 11) is -0.466. The standard InChI is InChI=1S/C19H20N2O4S/c1-14-4-10-18(11-5-14)26(22,23)21(2)13-17-12-19(20-25-17)15-6-8-16(24-3)9-7-15/h4-12H,13H2,1-3H3. The molecule has 0 aliphatic carbocycles. The van der Waals surface area contributed by atoms with Crippen molar-refractivity contribution >= 4 is 10.0 Å². The SMILES string of the molecule is COc1ccc(-c2cc(CN(C)S(=O)(=O)c3ccc(C)cc3)on2)cc1. The lowest BCUT2D eigenvalue weighted by Gasteiger charge is -2.15. The van der Waals surface area contributed by atoms with Crippen molar-refractivity contribution < 1.29 is 17.7 Å². The number of aryl methyl sites for hydroxylation is 1. The van der Waals surface area contributed by atoms with Crippen molar-refractivity contribution in [3.63, 3.8) is 0 Å². The summed E-state index contributed by atoms with van der Waals surface area (Å²) in [6.07, 6.45) is 0. The van der Waals surface area contributed by atoms with E-state index in [1.54, 1.807) is 37.4 Å². The van der Waals surface area contributed by atoms with Crippen molar-refractivity contribution in [1.29, 1.82) is 0 Å². The maximum Gasteiger partial charge on any atom is 0.243 e. The smallest absolute Gasteiger partial charge is 0.243 e. The van der Waals surface area contributed by atoms with Crippen LogP contribution in [0.15, 0.2) is 64.0 Å². The summed E-state index contributed by atoms with van der Waals surface area (Å²) in [4.78, 5) is 0.250. The molecular weight excluding hydrogens is 352 g/mol. The molecule has 3 rings (SSSR count). The molecule has 3 aromatic rings. The van der Waals surface area contributed by atoms with Crippen LogP contribution in [0, 0.1) is 6.92 Å². The molecule has 2 aromatic carbocycles. The number of benzene rings is 2. The predicted octanol–water partition coefficient (Wildman–Crippen LogP) is 3.48. The zero-order valence-electron chi connectivity index (χ0n) is 14.8. The van der Waals surface area contributed by atoms with Gasteiger partial charge in [-0.05, 0) is 43.3 Å². The zero-order chi connectivity index (χ0) is 18.7. The van der Waals surface area contributed by atoms with Crippen LogP contribution < -0.4 is 4.74 Å². The first-order valence-electron chi connectivity index (χ1n) is 8.03. The second-order valence-electron chi connectivity index (χ2n) is 5.98. The molecule has 0 unspecified atom stereocenters. The molecule has 0 fully saturated rings. The van der Waals surface area contributed by atoms with E-state index in [4.69, 9.17) is 9.26 Å². The van der Waals surface area contributed by atoms with Gasteiger partial charge in [0.2, 0.25) is 10.0 Å². The van der Waals surface area contributed by atoms with Gasteiger partial charge in [0.25, 0.3) is 0 Å². The van der Waals surface area contributed by atoms with E-state index in [1.807, 2.05) is 31.2 Å². The average molecular weight is 372 g/mol. The van der Waals surface area contributed by atoms with E-state index >= 15 is 0 Å². The zero-order valence-corrected chi connectivity index (χ0v) is 15.7. The third kappa shape index (κ3) is 3.79. The highest BCUT2D eigenvalue weighted by molar-refractivity contribution is 7.89. The summed E-state index contributed by atoms with van der Waals surface area (Å²) >= 11 is 0. The van der Waals surface area contributed by atoms with Crippen LogP contribution in [0.25, 0.3) is 11.3 Å². The van der Waals surface area contributed by atoms with Crippen molar-refractivity contribution in [2.45, 2.75) is 18.4 Å². The van der Waals surface area contributed by atoms with Gasteiger partial charge in [0.05, 0.1) is 18.6 Å². The van der Waals surface area contributed by atoms with Gasteiger partial charge in [0.15, 0.2) is 5.76 Å². The summed E-state index contributed by atoms with van der Waals surface area (Å²) in [5, 5.41) is 4.02. The first-order chi connectivity index (χ1) is 12.4. The fourth-order valence-corrected chi connectivity index (χ4v) is 3.62. The Morgan fingerprint density at radius 3 is 2.35 bits per heavy atom. The maximum atomic E-state index is 12.6. The molecule has 1 heterocycles. The monoisotopic (exact) mass is 372 g/mol. The Hall–Kier alpha value is -2.64. The van der Waals surface area contributed by atoms with Crippen molar-refractivity contribution in [1.82, 2.24) is 9.46 Å². The summed E-state index contributed by atoms with van der Waals surface area (Å²) in [6, 6.07) is 15.9. The summed E-state index contributed by atoms with van der Waals surface area (Å²) < 4.78 is 37.0. The third-order valence-electron chi connectivity index (χ3n) is 4.05. The lowest BCUT2D eigenvalue weighted by molar-refractivity contribution is 0.344. The third-order valence-corrected chi connectivity index (χ3v) is 5.87. The number of rotatable bonds is 6. The second-order valence-corrected chi connectivity index (χ2v) is 8.03. The number of ether oxygens (including phenoxy) is 1. The van der Waals surface area contributed by atoms with Crippen LogP contribution in [0.3, 0.4) is 0 Å². The highest BCUT2D eigenvalue weighted by Crippen LogP contribution is 2.24. The Labute approximate surface area is 153 Å². The van der Waals surface area contributed by atoms with Crippen LogP contribution in [0.4, 0.5) is 0 Å². The number of sulfonamides is 1. The van der Waals surface area contributed by atoms with Crippen molar-refractivity contribution in [3.8, 4) is 17.0 Å². The van der Waals surface area contributed by atoms with E-state index in [9.17, 15) is 8.42 Å². The van der Waals surface area contributed by atoms with Gasteiger partial charge in [-0.1, -0.05) is 22.9 Å². The fourth-order valence-electron chi connectivity index (χ4n) is 2.48. The van der Waals surface area contributed by atoms with E-state index in [1.165, 1.54) is 11.4 Å². The first kappa shape index (κ1) is 18.2. The molecule has 0 aliphatic heterocycles. The van der Waals surface area contributed by atoms with Crippen LogP contribution in [0.5, 0.6) is 5.75 Å². The van der Waals surface area contributed by atoms with Crippen molar-refractivity contribution in [2.24, 2.45) is 0 Å². The van der Waals surface area contributed by atoms with Gasteiger partial charge in [-0.15, -0.1) is 0 Å². The summed E-state index contributed by atoms with van der Waals surface area (Å²) in [5.41, 5.74) is 2.51. The van der Waals surface area contributed by atoms with Gasteiger partial charge >= 0.3 is 0 Å². The Morgan fingerprint density at radius 2 is 1.73 bits per heavy atom. The number of aromatic nitrogens is 1. The van der Waals surface area contributed by atoms with Gasteiger partial charge in [0.1, 0.15) is 11.4 Å². The Morgan fingerprint density at radius 1 is 1.08 bits per heavy atom. The molecule has 0 atom stereocenters. The lowest BCUT2D eigenvalue weighted by atomic mass is 10.1. The van der Waals surface area contributed by atoms with Gasteiger partial charge in [-0.25, -0.2) is 8.42 Å². The van der Waals surface area contributed by atoms with Gasteiger partial charge in [-0.2, -0.15) is 4.31 Å². The molecule has 0 aliphatic rings. The summed E-state index contributed by atoms with van der Waals surface area (Å²) in [6.45, 7) is 2.01.